The van der Waals surface area contributed by atoms with Crippen molar-refractivity contribution >= 4 is 29.9 Å². The number of ether oxygens (including phenoxy) is 1. The summed E-state index contributed by atoms with van der Waals surface area (Å²) < 4.78 is 5.74. The molecule has 33 heavy (non-hydrogen) atoms. The Morgan fingerprint density at radius 1 is 0.909 bits per heavy atom. The normalized spacial score (nSPS) is 15.9. The molecule has 0 aliphatic carbocycles. The van der Waals surface area contributed by atoms with Gasteiger partial charge in [-0.15, -0.1) is 12.4 Å². The van der Waals surface area contributed by atoms with E-state index < -0.39 is 0 Å². The van der Waals surface area contributed by atoms with Crippen molar-refractivity contribution in [1.29, 1.82) is 0 Å². The van der Waals surface area contributed by atoms with Crippen LogP contribution < -0.4 is 10.1 Å². The quantitative estimate of drug-likeness (QED) is 0.551. The average molecular weight is 472 g/mol. The number of hydrogen-bond donors (Lipinski definition) is 1. The summed E-state index contributed by atoms with van der Waals surface area (Å²) in [6, 6.07) is 15.6. The van der Waals surface area contributed by atoms with Crippen LogP contribution in [0.25, 0.3) is 0 Å². The van der Waals surface area contributed by atoms with Crippen LogP contribution in [0.2, 0.25) is 0 Å². The number of carbonyl (C=O) groups excluding carboxylic acids is 2. The maximum atomic E-state index is 12.9. The summed E-state index contributed by atoms with van der Waals surface area (Å²) in [5, 5.41) is 2.88. The van der Waals surface area contributed by atoms with Gasteiger partial charge in [-0.05, 0) is 61.7 Å². The van der Waals surface area contributed by atoms with Crippen LogP contribution >= 0.6 is 12.4 Å². The lowest BCUT2D eigenvalue weighted by Crippen LogP contribution is -2.48. The van der Waals surface area contributed by atoms with E-state index in [2.05, 4.69) is 10.2 Å². The molecule has 2 aliphatic rings. The Hall–Kier alpha value is -2.57. The minimum absolute atomic E-state index is 0. The zero-order valence-electron chi connectivity index (χ0n) is 19.1. The van der Waals surface area contributed by atoms with Gasteiger partial charge in [0.2, 0.25) is 5.91 Å². The van der Waals surface area contributed by atoms with Gasteiger partial charge in [-0.25, -0.2) is 0 Å². The van der Waals surface area contributed by atoms with Gasteiger partial charge in [-0.2, -0.15) is 0 Å². The van der Waals surface area contributed by atoms with Crippen LogP contribution in [0.5, 0.6) is 5.75 Å². The van der Waals surface area contributed by atoms with E-state index in [-0.39, 0.29) is 24.2 Å². The lowest BCUT2D eigenvalue weighted by Gasteiger charge is -2.35. The number of unbranched alkanes of at least 4 members (excludes halogenated alkanes) is 3. The molecule has 2 aliphatic heterocycles. The Morgan fingerprint density at radius 3 is 2.45 bits per heavy atom. The number of hydrogen-bond acceptors (Lipinski definition) is 4. The van der Waals surface area contributed by atoms with Gasteiger partial charge in [0.25, 0.3) is 5.91 Å². The van der Waals surface area contributed by atoms with Gasteiger partial charge in [0, 0.05) is 43.9 Å². The van der Waals surface area contributed by atoms with Crippen molar-refractivity contribution in [1.82, 2.24) is 9.80 Å². The van der Waals surface area contributed by atoms with E-state index in [1.54, 1.807) is 0 Å². The van der Waals surface area contributed by atoms with Gasteiger partial charge >= 0.3 is 0 Å². The number of fused-ring (bicyclic) bond motifs is 1. The molecule has 0 unspecified atom stereocenters. The largest absolute Gasteiger partial charge is 0.494 e. The van der Waals surface area contributed by atoms with E-state index in [1.807, 2.05) is 53.4 Å². The van der Waals surface area contributed by atoms with Crippen LogP contribution in [0.4, 0.5) is 5.69 Å². The van der Waals surface area contributed by atoms with Crippen molar-refractivity contribution in [3.8, 4) is 5.75 Å². The number of anilines is 1. The van der Waals surface area contributed by atoms with Crippen molar-refractivity contribution in [3.05, 3.63) is 59.7 Å². The van der Waals surface area contributed by atoms with E-state index in [0.717, 1.165) is 68.3 Å². The predicted octanol–water partition coefficient (Wildman–Crippen LogP) is 4.39. The van der Waals surface area contributed by atoms with Crippen LogP contribution in [0, 0.1) is 0 Å². The Morgan fingerprint density at radius 2 is 1.67 bits per heavy atom. The molecule has 178 valence electrons. The molecule has 0 bridgehead atoms. The van der Waals surface area contributed by atoms with Crippen LogP contribution in [0.3, 0.4) is 0 Å². The highest BCUT2D eigenvalue weighted by molar-refractivity contribution is 5.98. The molecule has 7 heteroatoms. The van der Waals surface area contributed by atoms with Crippen LogP contribution in [-0.4, -0.2) is 60.9 Å². The fraction of sp³-hybridized carbons (Fsp3) is 0.462. The Bertz CT molecular complexity index is 914. The molecule has 1 N–H and O–H groups in total. The van der Waals surface area contributed by atoms with Crippen molar-refractivity contribution < 1.29 is 14.3 Å². The van der Waals surface area contributed by atoms with Gasteiger partial charge in [0.15, 0.2) is 0 Å². The molecule has 0 atom stereocenters. The number of para-hydroxylation sites is 1. The first-order valence-corrected chi connectivity index (χ1v) is 11.8. The van der Waals surface area contributed by atoms with Crippen molar-refractivity contribution in [2.24, 2.45) is 0 Å². The average Bonchev–Trinajstić information content (AvgIpc) is 2.83. The molecular weight excluding hydrogens is 438 g/mol. The number of piperazine rings is 1. The minimum Gasteiger partial charge on any atom is -0.494 e. The maximum absolute atomic E-state index is 12.9. The van der Waals surface area contributed by atoms with E-state index in [0.29, 0.717) is 12.8 Å². The lowest BCUT2D eigenvalue weighted by atomic mass is 10.00. The van der Waals surface area contributed by atoms with E-state index >= 15 is 0 Å². The van der Waals surface area contributed by atoms with Gasteiger partial charge in [-0.1, -0.05) is 31.0 Å². The molecule has 2 amide bonds. The highest BCUT2D eigenvalue weighted by Crippen LogP contribution is 2.24. The number of rotatable bonds is 9. The second-order valence-corrected chi connectivity index (χ2v) is 8.63. The number of benzene rings is 2. The first kappa shape index (κ1) is 25.1. The maximum Gasteiger partial charge on any atom is 0.253 e. The topological polar surface area (TPSA) is 61.9 Å². The summed E-state index contributed by atoms with van der Waals surface area (Å²) in [4.78, 5) is 28.9. The zero-order valence-corrected chi connectivity index (χ0v) is 19.9. The fourth-order valence-electron chi connectivity index (χ4n) is 4.37. The van der Waals surface area contributed by atoms with Crippen LogP contribution in [0.15, 0.2) is 48.5 Å². The summed E-state index contributed by atoms with van der Waals surface area (Å²) in [6.45, 7) is 5.29. The summed E-state index contributed by atoms with van der Waals surface area (Å²) in [7, 11) is 0. The molecule has 2 aromatic carbocycles. The first-order chi connectivity index (χ1) is 15.7. The molecular formula is C26H34ClN3O3. The predicted molar refractivity (Wildman–Crippen MR) is 133 cm³/mol. The van der Waals surface area contributed by atoms with Crippen LogP contribution in [-0.2, 0) is 11.2 Å². The molecule has 1 saturated heterocycles. The second kappa shape index (κ2) is 12.6. The number of amides is 2. The summed E-state index contributed by atoms with van der Waals surface area (Å²) in [6.07, 6.45) is 5.86. The molecule has 1 fully saturated rings. The number of carbonyl (C=O) groups is 2. The number of nitrogens with one attached hydrogen (secondary N) is 1. The standard InChI is InChI=1S/C26H33N3O3.ClH/c30-25-13-11-21-20-22(10-12-24(21)27-25)26(31)29-17-15-28(16-18-29)14-6-1-2-7-19-32-23-8-4-3-5-9-23;/h3-5,8-10,12,20H,1-2,6-7,11,13-19H2,(H,27,30);1H. The number of aryl methyl sites for hydroxylation is 1. The SMILES string of the molecule is Cl.O=C1CCc2cc(C(=O)N3CCN(CCCCCCOc4ccccc4)CC3)ccc2N1. The second-order valence-electron chi connectivity index (χ2n) is 8.63. The van der Waals surface area contributed by atoms with Gasteiger partial charge in [-0.3, -0.25) is 14.5 Å². The third-order valence-corrected chi connectivity index (χ3v) is 6.29. The van der Waals surface area contributed by atoms with E-state index in [1.165, 1.54) is 19.3 Å². The van der Waals surface area contributed by atoms with Crippen molar-refractivity contribution in [2.45, 2.75) is 38.5 Å². The molecule has 0 aromatic heterocycles. The Balaban J connectivity index is 0.00000306. The monoisotopic (exact) mass is 471 g/mol. The lowest BCUT2D eigenvalue weighted by molar-refractivity contribution is -0.116. The molecule has 6 nitrogen and oxygen atoms in total. The van der Waals surface area contributed by atoms with Crippen molar-refractivity contribution in [2.75, 3.05) is 44.6 Å². The highest BCUT2D eigenvalue weighted by Gasteiger charge is 2.23. The molecule has 2 heterocycles. The third kappa shape index (κ3) is 7.21. The summed E-state index contributed by atoms with van der Waals surface area (Å²) in [5.74, 6) is 1.10. The van der Waals surface area contributed by atoms with Gasteiger partial charge in [0.05, 0.1) is 6.61 Å². The molecule has 0 saturated carbocycles. The number of halogens is 1. The Labute approximate surface area is 202 Å². The third-order valence-electron chi connectivity index (χ3n) is 6.29. The van der Waals surface area contributed by atoms with Crippen LogP contribution in [0.1, 0.15) is 48.0 Å². The van der Waals surface area contributed by atoms with Gasteiger partial charge < -0.3 is 15.0 Å². The van der Waals surface area contributed by atoms with E-state index in [9.17, 15) is 9.59 Å². The molecule has 2 aromatic rings. The number of nitrogens with zero attached hydrogens (tertiary/aromatic N) is 2. The molecule has 4 rings (SSSR count). The first-order valence-electron chi connectivity index (χ1n) is 11.8. The van der Waals surface area contributed by atoms with Crippen molar-refractivity contribution in [3.63, 3.8) is 0 Å². The highest BCUT2D eigenvalue weighted by atomic mass is 35.5. The summed E-state index contributed by atoms with van der Waals surface area (Å²) >= 11 is 0. The smallest absolute Gasteiger partial charge is 0.253 e. The molecule has 0 spiro atoms. The minimum atomic E-state index is 0. The zero-order chi connectivity index (χ0) is 22.2. The summed E-state index contributed by atoms with van der Waals surface area (Å²) in [5.41, 5.74) is 2.63. The van der Waals surface area contributed by atoms with E-state index in [4.69, 9.17) is 4.74 Å². The fourth-order valence-corrected chi connectivity index (χ4v) is 4.37. The Kier molecular flexibility index (Phi) is 9.58. The molecule has 0 radical (unpaired) electrons. The van der Waals surface area contributed by atoms with Gasteiger partial charge in [0.1, 0.15) is 5.75 Å².